The van der Waals surface area contributed by atoms with Crippen molar-refractivity contribution >= 4 is 11.8 Å². The molecule has 1 aliphatic heterocycles. The van der Waals surface area contributed by atoms with Gasteiger partial charge < -0.3 is 15.3 Å². The largest absolute Gasteiger partial charge is 0.416 e. The van der Waals surface area contributed by atoms with E-state index in [2.05, 4.69) is 20.6 Å². The van der Waals surface area contributed by atoms with Crippen molar-refractivity contribution in [1.82, 2.24) is 30.2 Å². The van der Waals surface area contributed by atoms with Gasteiger partial charge in [0.05, 0.1) is 17.4 Å². The van der Waals surface area contributed by atoms with Gasteiger partial charge in [0.15, 0.2) is 0 Å². The minimum absolute atomic E-state index is 0.00284. The van der Waals surface area contributed by atoms with E-state index in [9.17, 15) is 27.9 Å². The number of pyridine rings is 1. The van der Waals surface area contributed by atoms with Crippen LogP contribution in [0.3, 0.4) is 0 Å². The van der Waals surface area contributed by atoms with Gasteiger partial charge in [-0.25, -0.2) is 4.68 Å². The third-order valence-electron chi connectivity index (χ3n) is 6.53. The van der Waals surface area contributed by atoms with Crippen LogP contribution in [0, 0.1) is 5.41 Å². The third-order valence-corrected chi connectivity index (χ3v) is 6.53. The van der Waals surface area contributed by atoms with E-state index in [-0.39, 0.29) is 37.5 Å². The van der Waals surface area contributed by atoms with Gasteiger partial charge in [-0.3, -0.25) is 14.6 Å². The van der Waals surface area contributed by atoms with E-state index in [4.69, 9.17) is 0 Å². The van der Waals surface area contributed by atoms with Crippen LogP contribution in [0.4, 0.5) is 13.2 Å². The minimum Gasteiger partial charge on any atom is -0.391 e. The van der Waals surface area contributed by atoms with Gasteiger partial charge in [-0.05, 0) is 30.4 Å². The second kappa shape index (κ2) is 9.79. The van der Waals surface area contributed by atoms with Gasteiger partial charge in [0.2, 0.25) is 11.8 Å². The zero-order valence-corrected chi connectivity index (χ0v) is 20.5. The summed E-state index contributed by atoms with van der Waals surface area (Å²) in [6.07, 6.45) is -0.225. The molecule has 0 aromatic carbocycles. The Morgan fingerprint density at radius 3 is 2.61 bits per heavy atom. The molecule has 0 bridgehead atoms. The van der Waals surface area contributed by atoms with Crippen molar-refractivity contribution in [3.8, 4) is 0 Å². The number of hydrogen-bond acceptors (Lipinski definition) is 6. The molecule has 3 heterocycles. The lowest BCUT2D eigenvalue weighted by atomic mass is 9.85. The first kappa shape index (κ1) is 26.1. The zero-order chi connectivity index (χ0) is 26.3. The van der Waals surface area contributed by atoms with Crippen molar-refractivity contribution < 1.29 is 27.9 Å². The summed E-state index contributed by atoms with van der Waals surface area (Å²) in [5.41, 5.74) is -0.318. The minimum atomic E-state index is -4.48. The Balaban J connectivity index is 1.44. The van der Waals surface area contributed by atoms with Crippen LogP contribution in [0.25, 0.3) is 0 Å². The number of aromatic nitrogens is 4. The number of aliphatic hydroxyl groups excluding tert-OH is 1. The lowest BCUT2D eigenvalue weighted by Crippen LogP contribution is -2.50. The number of halogens is 3. The molecule has 2 N–H and O–H groups in total. The molecule has 1 saturated carbocycles. The van der Waals surface area contributed by atoms with Crippen LogP contribution >= 0.6 is 0 Å². The fourth-order valence-corrected chi connectivity index (χ4v) is 4.55. The van der Waals surface area contributed by atoms with Gasteiger partial charge in [-0.2, -0.15) is 13.2 Å². The van der Waals surface area contributed by atoms with E-state index < -0.39 is 41.2 Å². The number of aliphatic hydroxyl groups is 1. The Bertz CT molecular complexity index is 1110. The van der Waals surface area contributed by atoms with E-state index in [0.29, 0.717) is 5.92 Å². The van der Waals surface area contributed by atoms with Gasteiger partial charge in [0.25, 0.3) is 0 Å². The summed E-state index contributed by atoms with van der Waals surface area (Å²) in [5, 5.41) is 21.4. The first-order valence-corrected chi connectivity index (χ1v) is 12.0. The first-order chi connectivity index (χ1) is 16.8. The predicted octanol–water partition coefficient (Wildman–Crippen LogP) is 2.48. The highest BCUT2D eigenvalue weighted by atomic mass is 19.4. The monoisotopic (exact) mass is 508 g/mol. The molecule has 4 rings (SSSR count). The Kier molecular flexibility index (Phi) is 7.09. The molecule has 2 fully saturated rings. The molecule has 2 aromatic rings. The third kappa shape index (κ3) is 5.85. The number of alkyl halides is 3. The molecule has 12 heteroatoms. The van der Waals surface area contributed by atoms with E-state index >= 15 is 0 Å². The molecular formula is C24H31F3N6O3. The highest BCUT2D eigenvalue weighted by Crippen LogP contribution is 2.40. The molecule has 0 radical (unpaired) electrons. The van der Waals surface area contributed by atoms with Crippen molar-refractivity contribution in [3.05, 3.63) is 41.5 Å². The Hall–Kier alpha value is -3.02. The van der Waals surface area contributed by atoms with Crippen molar-refractivity contribution in [3.63, 3.8) is 0 Å². The summed E-state index contributed by atoms with van der Waals surface area (Å²) in [6.45, 7) is 5.74. The quantitative estimate of drug-likeness (QED) is 0.594. The van der Waals surface area contributed by atoms with Gasteiger partial charge in [0, 0.05) is 49.9 Å². The SMILES string of the molecule is CC(C)(C)[C@@H](C(=O)N1C[C@H](O)C[C@H]1C(=O)NCCc1cc(C(F)(F)F)ccn1)n1cc(C2CC2)nn1. The molecule has 0 unspecified atom stereocenters. The van der Waals surface area contributed by atoms with E-state index in [0.717, 1.165) is 36.9 Å². The molecule has 0 spiro atoms. The van der Waals surface area contributed by atoms with Crippen molar-refractivity contribution in [2.45, 2.75) is 76.7 Å². The maximum absolute atomic E-state index is 13.7. The lowest BCUT2D eigenvalue weighted by Gasteiger charge is -2.34. The molecule has 3 atom stereocenters. The lowest BCUT2D eigenvalue weighted by molar-refractivity contribution is -0.144. The first-order valence-electron chi connectivity index (χ1n) is 12.0. The second-order valence-electron chi connectivity index (χ2n) is 10.6. The molecule has 1 aliphatic carbocycles. The van der Waals surface area contributed by atoms with Crippen molar-refractivity contribution in [2.24, 2.45) is 5.41 Å². The van der Waals surface area contributed by atoms with E-state index in [1.165, 1.54) is 4.90 Å². The van der Waals surface area contributed by atoms with Crippen LogP contribution in [0.1, 0.15) is 68.9 Å². The molecule has 2 aromatic heterocycles. The molecule has 9 nitrogen and oxygen atoms in total. The molecular weight excluding hydrogens is 477 g/mol. The van der Waals surface area contributed by atoms with Crippen LogP contribution in [0.15, 0.2) is 24.5 Å². The summed E-state index contributed by atoms with van der Waals surface area (Å²) >= 11 is 0. The number of nitrogens with zero attached hydrogens (tertiary/aromatic N) is 5. The molecule has 1 saturated heterocycles. The predicted molar refractivity (Wildman–Crippen MR) is 123 cm³/mol. The summed E-state index contributed by atoms with van der Waals surface area (Å²) in [7, 11) is 0. The number of carbonyl (C=O) groups excluding carboxylic acids is 2. The number of hydrogen-bond donors (Lipinski definition) is 2. The van der Waals surface area contributed by atoms with Gasteiger partial charge in [-0.15, -0.1) is 5.10 Å². The summed E-state index contributed by atoms with van der Waals surface area (Å²) < 4.78 is 40.3. The smallest absolute Gasteiger partial charge is 0.391 e. The number of amides is 2. The van der Waals surface area contributed by atoms with Crippen LogP contribution in [-0.2, 0) is 22.2 Å². The molecule has 36 heavy (non-hydrogen) atoms. The van der Waals surface area contributed by atoms with E-state index in [1.807, 2.05) is 20.8 Å². The number of rotatable bonds is 7. The maximum Gasteiger partial charge on any atom is 0.416 e. The van der Waals surface area contributed by atoms with Crippen molar-refractivity contribution in [1.29, 1.82) is 0 Å². The van der Waals surface area contributed by atoms with Crippen LogP contribution in [-0.4, -0.2) is 67.0 Å². The van der Waals surface area contributed by atoms with Gasteiger partial charge in [0.1, 0.15) is 12.1 Å². The molecule has 2 aliphatic rings. The Morgan fingerprint density at radius 2 is 1.97 bits per heavy atom. The van der Waals surface area contributed by atoms with Crippen LogP contribution in [0.5, 0.6) is 0 Å². The fourth-order valence-electron chi connectivity index (χ4n) is 4.55. The van der Waals surface area contributed by atoms with Gasteiger partial charge in [-0.1, -0.05) is 26.0 Å². The Labute approximate surface area is 207 Å². The van der Waals surface area contributed by atoms with Crippen LogP contribution < -0.4 is 5.32 Å². The highest BCUT2D eigenvalue weighted by Gasteiger charge is 2.45. The standard InChI is InChI=1S/C24H31F3N6O3/c1-23(2,3)20(33-13-18(30-31-33)14-4-5-14)22(36)32-12-17(34)11-19(32)21(35)29-9-7-16-10-15(6-8-28-16)24(25,26)27/h6,8,10,13-14,17,19-20,34H,4-5,7,9,11-12H2,1-3H3,(H,29,35)/t17-,19+,20-/m1/s1. The topological polar surface area (TPSA) is 113 Å². The second-order valence-corrected chi connectivity index (χ2v) is 10.6. The molecule has 2 amide bonds. The Morgan fingerprint density at radius 1 is 1.25 bits per heavy atom. The normalized spacial score (nSPS) is 21.5. The molecule has 196 valence electrons. The summed E-state index contributed by atoms with van der Waals surface area (Å²) in [6, 6.07) is 0.203. The zero-order valence-electron chi connectivity index (χ0n) is 20.5. The average Bonchev–Trinajstić information content (AvgIpc) is 3.39. The maximum atomic E-state index is 13.7. The number of carbonyl (C=O) groups is 2. The average molecular weight is 509 g/mol. The van der Waals surface area contributed by atoms with Gasteiger partial charge >= 0.3 is 6.18 Å². The fraction of sp³-hybridized carbons (Fsp3) is 0.625. The van der Waals surface area contributed by atoms with Crippen LogP contribution in [0.2, 0.25) is 0 Å². The van der Waals surface area contributed by atoms with Crippen molar-refractivity contribution in [2.75, 3.05) is 13.1 Å². The number of nitrogens with one attached hydrogen (secondary N) is 1. The highest BCUT2D eigenvalue weighted by molar-refractivity contribution is 5.90. The van der Waals surface area contributed by atoms with E-state index in [1.54, 1.807) is 10.9 Å². The summed E-state index contributed by atoms with van der Waals surface area (Å²) in [5.74, 6) is -0.448. The number of β-amino-alcohol motifs (C(OH)–C–C–N with tert-alkyl or cyclic N) is 1. The summed E-state index contributed by atoms with van der Waals surface area (Å²) in [4.78, 5) is 32.0. The number of likely N-dealkylation sites (tertiary alicyclic amines) is 1.